The van der Waals surface area contributed by atoms with Gasteiger partial charge in [0.15, 0.2) is 0 Å². The number of fused-ring (bicyclic) bond motifs is 2. The summed E-state index contributed by atoms with van der Waals surface area (Å²) in [7, 11) is 0. The van der Waals surface area contributed by atoms with Gasteiger partial charge in [0.1, 0.15) is 5.60 Å². The largest absolute Gasteiger partial charge is 0.451 e. The lowest BCUT2D eigenvalue weighted by Crippen LogP contribution is -2.53. The molecule has 5 nitrogen and oxygen atoms in total. The first-order chi connectivity index (χ1) is 13.0. The molecule has 0 radical (unpaired) electrons. The topological polar surface area (TPSA) is 49.9 Å². The molecule has 2 fully saturated rings. The Bertz CT molecular complexity index is 716. The van der Waals surface area contributed by atoms with E-state index >= 15 is 0 Å². The number of benzene rings is 1. The Morgan fingerprint density at radius 3 is 2.52 bits per heavy atom. The van der Waals surface area contributed by atoms with Crippen molar-refractivity contribution in [1.82, 2.24) is 9.80 Å². The summed E-state index contributed by atoms with van der Waals surface area (Å²) in [5.41, 5.74) is 1.21. The number of ether oxygens (including phenoxy) is 1. The highest BCUT2D eigenvalue weighted by Crippen LogP contribution is 2.48. The Balaban J connectivity index is 1.36. The van der Waals surface area contributed by atoms with Gasteiger partial charge < -0.3 is 9.64 Å². The van der Waals surface area contributed by atoms with E-state index in [1.165, 1.54) is 0 Å². The number of carbonyl (C=O) groups is 2. The standard InChI is InChI=1S/C22H30N2O3/c1-3-16(2)23-12-14-24(15-13-23)20(25)17-8-10-22(11-9-17)19-7-5-4-6-18(19)21(26)27-22/h4-7,16-17H,3,8-15H2,1-2H3. The molecule has 5 heteroatoms. The van der Waals surface area contributed by atoms with E-state index in [0.29, 0.717) is 17.5 Å². The van der Waals surface area contributed by atoms with Crippen LogP contribution in [0.3, 0.4) is 0 Å². The third kappa shape index (κ3) is 3.27. The first-order valence-corrected chi connectivity index (χ1v) is 10.4. The number of rotatable bonds is 3. The average Bonchev–Trinajstić information content (AvgIpc) is 2.99. The summed E-state index contributed by atoms with van der Waals surface area (Å²) in [6.07, 6.45) is 4.24. The van der Waals surface area contributed by atoms with Crippen LogP contribution < -0.4 is 0 Å². The molecule has 27 heavy (non-hydrogen) atoms. The molecule has 2 aliphatic heterocycles. The Hall–Kier alpha value is -1.88. The molecule has 1 saturated heterocycles. The highest BCUT2D eigenvalue weighted by molar-refractivity contribution is 5.94. The fraction of sp³-hybridized carbons (Fsp3) is 0.636. The van der Waals surface area contributed by atoms with E-state index in [-0.39, 0.29) is 11.9 Å². The molecule has 1 aromatic carbocycles. The second kappa shape index (κ2) is 7.27. The summed E-state index contributed by atoms with van der Waals surface area (Å²) in [4.78, 5) is 29.8. The van der Waals surface area contributed by atoms with Gasteiger partial charge in [0.2, 0.25) is 5.91 Å². The van der Waals surface area contributed by atoms with Gasteiger partial charge >= 0.3 is 5.97 Å². The van der Waals surface area contributed by atoms with Crippen LogP contribution >= 0.6 is 0 Å². The van der Waals surface area contributed by atoms with E-state index < -0.39 is 5.60 Å². The molecule has 146 valence electrons. The van der Waals surface area contributed by atoms with Crippen LogP contribution in [0, 0.1) is 5.92 Å². The maximum Gasteiger partial charge on any atom is 0.339 e. The molecule has 1 spiro atoms. The van der Waals surface area contributed by atoms with Gasteiger partial charge in [0, 0.05) is 43.7 Å². The molecule has 1 aliphatic carbocycles. The third-order valence-corrected chi connectivity index (χ3v) is 6.91. The number of hydrogen-bond donors (Lipinski definition) is 0. The van der Waals surface area contributed by atoms with Gasteiger partial charge in [-0.15, -0.1) is 0 Å². The summed E-state index contributed by atoms with van der Waals surface area (Å²) in [5, 5.41) is 0. The lowest BCUT2D eigenvalue weighted by atomic mass is 9.74. The lowest BCUT2D eigenvalue weighted by Gasteiger charge is -2.41. The predicted molar refractivity (Wildman–Crippen MR) is 103 cm³/mol. The molecule has 1 amide bonds. The zero-order chi connectivity index (χ0) is 19.0. The van der Waals surface area contributed by atoms with E-state index in [2.05, 4.69) is 23.6 Å². The van der Waals surface area contributed by atoms with Crippen molar-refractivity contribution in [2.75, 3.05) is 26.2 Å². The van der Waals surface area contributed by atoms with Crippen LogP contribution in [-0.2, 0) is 15.1 Å². The summed E-state index contributed by atoms with van der Waals surface area (Å²) >= 11 is 0. The number of piperazine rings is 1. The highest BCUT2D eigenvalue weighted by Gasteiger charge is 2.48. The minimum atomic E-state index is -0.500. The number of carbonyl (C=O) groups excluding carboxylic acids is 2. The SMILES string of the molecule is CCC(C)N1CCN(C(=O)C2CCC3(CC2)OC(=O)c2ccccc23)CC1. The van der Waals surface area contributed by atoms with E-state index in [1.54, 1.807) is 0 Å². The van der Waals surface area contributed by atoms with Crippen molar-refractivity contribution in [3.8, 4) is 0 Å². The average molecular weight is 370 g/mol. The number of nitrogens with zero attached hydrogens (tertiary/aromatic N) is 2. The van der Waals surface area contributed by atoms with Crippen LogP contribution in [0.25, 0.3) is 0 Å². The molecule has 0 bridgehead atoms. The fourth-order valence-corrected chi connectivity index (χ4v) is 4.95. The van der Waals surface area contributed by atoms with Crippen molar-refractivity contribution in [2.24, 2.45) is 5.92 Å². The maximum absolute atomic E-state index is 13.0. The second-order valence-corrected chi connectivity index (χ2v) is 8.32. The fourth-order valence-electron chi connectivity index (χ4n) is 4.95. The van der Waals surface area contributed by atoms with Gasteiger partial charge in [0.05, 0.1) is 5.56 Å². The second-order valence-electron chi connectivity index (χ2n) is 8.32. The van der Waals surface area contributed by atoms with E-state index in [9.17, 15) is 9.59 Å². The first kappa shape index (κ1) is 18.5. The van der Waals surface area contributed by atoms with Gasteiger partial charge in [-0.25, -0.2) is 4.79 Å². The predicted octanol–water partition coefficient (Wildman–Crippen LogP) is 3.19. The Labute approximate surface area is 161 Å². The molecule has 3 aliphatic rings. The monoisotopic (exact) mass is 370 g/mol. The van der Waals surface area contributed by atoms with Gasteiger partial charge in [-0.2, -0.15) is 0 Å². The minimum Gasteiger partial charge on any atom is -0.451 e. The summed E-state index contributed by atoms with van der Waals surface area (Å²) < 4.78 is 5.82. The molecule has 0 aromatic heterocycles. The molecular formula is C22H30N2O3. The molecule has 1 aromatic rings. The van der Waals surface area contributed by atoms with Crippen LogP contribution in [-0.4, -0.2) is 53.9 Å². The van der Waals surface area contributed by atoms with Crippen molar-refractivity contribution in [3.63, 3.8) is 0 Å². The van der Waals surface area contributed by atoms with Crippen molar-refractivity contribution >= 4 is 11.9 Å². The number of hydrogen-bond acceptors (Lipinski definition) is 4. The molecule has 4 rings (SSSR count). The number of esters is 1. The van der Waals surface area contributed by atoms with Gasteiger partial charge in [0.25, 0.3) is 0 Å². The van der Waals surface area contributed by atoms with Crippen molar-refractivity contribution in [3.05, 3.63) is 35.4 Å². The highest BCUT2D eigenvalue weighted by atomic mass is 16.6. The van der Waals surface area contributed by atoms with Gasteiger partial charge in [-0.3, -0.25) is 9.69 Å². The summed E-state index contributed by atoms with van der Waals surface area (Å²) in [6, 6.07) is 8.30. The summed E-state index contributed by atoms with van der Waals surface area (Å²) in [5.74, 6) is 0.153. The number of amides is 1. The van der Waals surface area contributed by atoms with Crippen molar-refractivity contribution in [2.45, 2.75) is 57.6 Å². The van der Waals surface area contributed by atoms with Crippen molar-refractivity contribution in [1.29, 1.82) is 0 Å². The molecule has 0 N–H and O–H groups in total. The van der Waals surface area contributed by atoms with Crippen LogP contribution in [0.1, 0.15) is 61.9 Å². The van der Waals surface area contributed by atoms with Crippen molar-refractivity contribution < 1.29 is 14.3 Å². The maximum atomic E-state index is 13.0. The van der Waals surface area contributed by atoms with E-state index in [1.807, 2.05) is 24.3 Å². The Morgan fingerprint density at radius 2 is 1.85 bits per heavy atom. The van der Waals surface area contributed by atoms with Gasteiger partial charge in [-0.1, -0.05) is 25.1 Å². The smallest absolute Gasteiger partial charge is 0.339 e. The molecule has 1 atom stereocenters. The molecule has 2 heterocycles. The Morgan fingerprint density at radius 1 is 1.19 bits per heavy atom. The normalized spacial score (nSPS) is 29.5. The van der Waals surface area contributed by atoms with Crippen LogP contribution in [0.5, 0.6) is 0 Å². The van der Waals surface area contributed by atoms with Crippen LogP contribution in [0.2, 0.25) is 0 Å². The van der Waals surface area contributed by atoms with Crippen LogP contribution in [0.4, 0.5) is 0 Å². The summed E-state index contributed by atoms with van der Waals surface area (Å²) in [6.45, 7) is 8.10. The third-order valence-electron chi connectivity index (χ3n) is 6.91. The van der Waals surface area contributed by atoms with Gasteiger partial charge in [-0.05, 0) is 45.1 Å². The first-order valence-electron chi connectivity index (χ1n) is 10.4. The Kier molecular flexibility index (Phi) is 4.97. The lowest BCUT2D eigenvalue weighted by molar-refractivity contribution is -0.140. The molecule has 1 unspecified atom stereocenters. The van der Waals surface area contributed by atoms with E-state index in [4.69, 9.17) is 4.74 Å². The minimum absolute atomic E-state index is 0.0669. The van der Waals surface area contributed by atoms with Crippen LogP contribution in [0.15, 0.2) is 24.3 Å². The quantitative estimate of drug-likeness (QED) is 0.767. The zero-order valence-corrected chi connectivity index (χ0v) is 16.4. The van der Waals surface area contributed by atoms with E-state index in [0.717, 1.165) is 63.8 Å². The molecular weight excluding hydrogens is 340 g/mol. The molecule has 1 saturated carbocycles. The zero-order valence-electron chi connectivity index (χ0n) is 16.4.